The van der Waals surface area contributed by atoms with Crippen molar-refractivity contribution in [2.75, 3.05) is 13.7 Å². The predicted octanol–water partition coefficient (Wildman–Crippen LogP) is 3.53. The molecule has 1 atom stereocenters. The summed E-state index contributed by atoms with van der Waals surface area (Å²) in [6, 6.07) is 0. The fraction of sp³-hybridized carbons (Fsp3) is 0.643. The summed E-state index contributed by atoms with van der Waals surface area (Å²) >= 11 is 5.84. The molecule has 1 fully saturated rings. The van der Waals surface area contributed by atoms with Crippen molar-refractivity contribution in [3.05, 3.63) is 16.4 Å². The summed E-state index contributed by atoms with van der Waals surface area (Å²) in [4.78, 5) is 16.8. The maximum Gasteiger partial charge on any atom is 0.435 e. The molecule has 3 rings (SSSR count). The fourth-order valence-electron chi connectivity index (χ4n) is 3.03. The van der Waals surface area contributed by atoms with Crippen molar-refractivity contribution in [1.82, 2.24) is 19.5 Å². The number of rotatable bonds is 6. The highest BCUT2D eigenvalue weighted by Crippen LogP contribution is 2.36. The molecule has 0 saturated carbocycles. The molecule has 27 heavy (non-hydrogen) atoms. The Hall–Kier alpha value is -1.53. The minimum Gasteiger partial charge on any atom is -0.377 e. The Morgan fingerprint density at radius 1 is 1.33 bits per heavy atom. The lowest BCUT2D eigenvalue weighted by atomic mass is 10.1. The number of likely N-dealkylation sites (tertiary alicyclic amines) is 1. The number of imidazole rings is 1. The molecule has 1 aliphatic heterocycles. The number of amides is 1. The molecule has 6 nitrogen and oxygen atoms in total. The minimum atomic E-state index is -4.74. The molecule has 0 aliphatic carbocycles. The van der Waals surface area contributed by atoms with Gasteiger partial charge in [-0.15, -0.1) is 0 Å². The number of fused-ring (bicyclic) bond motifs is 1. The second-order valence-electron chi connectivity index (χ2n) is 6.19. The number of nitrogens with zero attached hydrogens (tertiary/aromatic N) is 4. The molecule has 0 radical (unpaired) electrons. The molecular formula is C14H14ClF5N4O2S. The molecule has 13 heteroatoms. The van der Waals surface area contributed by atoms with Crippen LogP contribution in [-0.4, -0.2) is 44.4 Å². The lowest BCUT2D eigenvalue weighted by Gasteiger charge is -2.18. The van der Waals surface area contributed by atoms with E-state index in [2.05, 4.69) is 10.1 Å². The zero-order chi connectivity index (χ0) is 20.0. The summed E-state index contributed by atoms with van der Waals surface area (Å²) in [6.45, 7) is -0.444. The lowest BCUT2D eigenvalue weighted by molar-refractivity contribution is -0.142. The van der Waals surface area contributed by atoms with E-state index in [0.29, 0.717) is 5.01 Å². The van der Waals surface area contributed by atoms with Gasteiger partial charge < -0.3 is 9.64 Å². The van der Waals surface area contributed by atoms with Gasteiger partial charge in [-0.05, 0) is 17.5 Å². The maximum atomic E-state index is 13.3. The minimum absolute atomic E-state index is 0.0138. The van der Waals surface area contributed by atoms with Crippen molar-refractivity contribution in [1.29, 1.82) is 0 Å². The number of halogens is 6. The van der Waals surface area contributed by atoms with Crippen LogP contribution < -0.4 is 0 Å². The zero-order valence-corrected chi connectivity index (χ0v) is 15.5. The highest BCUT2D eigenvalue weighted by molar-refractivity contribution is 7.16. The van der Waals surface area contributed by atoms with Crippen LogP contribution in [0.2, 0.25) is 0 Å². The van der Waals surface area contributed by atoms with Crippen LogP contribution >= 0.6 is 22.9 Å². The van der Waals surface area contributed by atoms with E-state index < -0.39 is 42.0 Å². The van der Waals surface area contributed by atoms with Crippen molar-refractivity contribution < 1.29 is 31.5 Å². The third kappa shape index (κ3) is 4.49. The average molecular weight is 433 g/mol. The smallest absolute Gasteiger partial charge is 0.377 e. The Labute approximate surface area is 158 Å². The first-order valence-electron chi connectivity index (χ1n) is 7.76. The summed E-state index contributed by atoms with van der Waals surface area (Å²) in [6.07, 6.45) is -5.66. The second-order valence-corrected chi connectivity index (χ2v) is 7.79. The van der Waals surface area contributed by atoms with E-state index in [1.807, 2.05) is 0 Å². The number of aromatic nitrogens is 3. The van der Waals surface area contributed by atoms with E-state index in [4.69, 9.17) is 16.3 Å². The van der Waals surface area contributed by atoms with Crippen LogP contribution in [0.3, 0.4) is 0 Å². The summed E-state index contributed by atoms with van der Waals surface area (Å²) in [5.41, 5.74) is -1.47. The van der Waals surface area contributed by atoms with Crippen LogP contribution in [0.15, 0.2) is 0 Å². The van der Waals surface area contributed by atoms with Crippen molar-refractivity contribution in [3.8, 4) is 0 Å². The first-order chi connectivity index (χ1) is 12.5. The molecule has 3 heterocycles. The summed E-state index contributed by atoms with van der Waals surface area (Å²) in [5.74, 6) is -1.25. The van der Waals surface area contributed by atoms with E-state index in [-0.39, 0.29) is 30.2 Å². The molecule has 0 bridgehead atoms. The molecular weight excluding hydrogens is 419 g/mol. The van der Waals surface area contributed by atoms with Crippen LogP contribution in [0.5, 0.6) is 0 Å². The van der Waals surface area contributed by atoms with Gasteiger partial charge >= 0.3 is 11.6 Å². The third-order valence-corrected chi connectivity index (χ3v) is 5.07. The number of hydrogen-bond acceptors (Lipinski definition) is 5. The van der Waals surface area contributed by atoms with Gasteiger partial charge in [-0.3, -0.25) is 4.79 Å². The largest absolute Gasteiger partial charge is 0.435 e. The van der Waals surface area contributed by atoms with Gasteiger partial charge in [-0.1, -0.05) is 11.3 Å². The van der Waals surface area contributed by atoms with Gasteiger partial charge in [-0.2, -0.15) is 27.1 Å². The van der Waals surface area contributed by atoms with Crippen LogP contribution in [0, 0.1) is 5.92 Å². The normalized spacial score (nSPS) is 18.9. The highest BCUT2D eigenvalue weighted by Gasteiger charge is 2.42. The van der Waals surface area contributed by atoms with E-state index in [1.54, 1.807) is 0 Å². The molecule has 1 amide bonds. The zero-order valence-electron chi connectivity index (χ0n) is 13.9. The van der Waals surface area contributed by atoms with Crippen LogP contribution in [-0.2, 0) is 28.9 Å². The lowest BCUT2D eigenvalue weighted by Crippen LogP contribution is -2.27. The molecule has 0 aromatic carbocycles. The van der Waals surface area contributed by atoms with Crippen LogP contribution in [0.25, 0.3) is 4.96 Å². The van der Waals surface area contributed by atoms with Crippen molar-refractivity contribution in [2.45, 2.75) is 37.6 Å². The topological polar surface area (TPSA) is 59.7 Å². The van der Waals surface area contributed by atoms with Gasteiger partial charge in [0.1, 0.15) is 5.01 Å². The molecule has 2 aromatic heterocycles. The molecule has 150 valence electrons. The molecule has 1 aliphatic rings. The van der Waals surface area contributed by atoms with Crippen molar-refractivity contribution >= 4 is 33.8 Å². The molecule has 2 aromatic rings. The predicted molar refractivity (Wildman–Crippen MR) is 85.5 cm³/mol. The number of carbonyl (C=O) groups is 1. The van der Waals surface area contributed by atoms with Gasteiger partial charge in [0.05, 0.1) is 18.8 Å². The third-order valence-electron chi connectivity index (χ3n) is 4.03. The molecule has 0 N–H and O–H groups in total. The monoisotopic (exact) mass is 432 g/mol. The Bertz CT molecular complexity index is 847. The van der Waals surface area contributed by atoms with Gasteiger partial charge in [-0.25, -0.2) is 9.50 Å². The van der Waals surface area contributed by atoms with E-state index in [0.717, 1.165) is 20.8 Å². The van der Waals surface area contributed by atoms with Gasteiger partial charge in [0.25, 0.3) is 0 Å². The SMILES string of the molecule is COCc1nn2c(CN3C[C@@H](CC(F)(F)Cl)CC3=O)c(C(F)(F)F)nc2s1. The van der Waals surface area contributed by atoms with E-state index in [1.165, 1.54) is 7.11 Å². The summed E-state index contributed by atoms with van der Waals surface area (Å²) in [7, 11) is 1.42. The molecule has 1 saturated heterocycles. The Morgan fingerprint density at radius 2 is 2.04 bits per heavy atom. The number of alkyl halides is 6. The van der Waals surface area contributed by atoms with E-state index in [9.17, 15) is 26.7 Å². The highest BCUT2D eigenvalue weighted by atomic mass is 35.5. The standard InChI is InChI=1S/C14H14ClF5N4O2S/c1-26-6-9-22-24-8(11(14(18,19)20)21-12(24)27-9)5-23-4-7(2-10(23)25)3-13(15,16)17/h7H,2-6H2,1H3/t7-/m1/s1. The molecule has 0 spiro atoms. The summed E-state index contributed by atoms with van der Waals surface area (Å²) in [5, 5.41) is 1.00. The van der Waals surface area contributed by atoms with E-state index >= 15 is 0 Å². The van der Waals surface area contributed by atoms with Gasteiger partial charge in [0, 0.05) is 26.5 Å². The average Bonchev–Trinajstić information content (AvgIpc) is 3.12. The molecule has 0 unspecified atom stereocenters. The van der Waals surface area contributed by atoms with Crippen molar-refractivity contribution in [3.63, 3.8) is 0 Å². The van der Waals surface area contributed by atoms with Crippen LogP contribution in [0.1, 0.15) is 29.2 Å². The quantitative estimate of drug-likeness (QED) is 0.517. The van der Waals surface area contributed by atoms with Gasteiger partial charge in [0.15, 0.2) is 5.69 Å². The number of ether oxygens (including phenoxy) is 1. The first-order valence-corrected chi connectivity index (χ1v) is 8.95. The first kappa shape index (κ1) is 20.2. The number of hydrogen-bond donors (Lipinski definition) is 0. The number of carbonyl (C=O) groups excluding carboxylic acids is 1. The van der Waals surface area contributed by atoms with Gasteiger partial charge in [0.2, 0.25) is 10.9 Å². The fourth-order valence-corrected chi connectivity index (χ4v) is 4.13. The second kappa shape index (κ2) is 7.13. The Morgan fingerprint density at radius 3 is 2.63 bits per heavy atom. The Kier molecular flexibility index (Phi) is 5.34. The van der Waals surface area contributed by atoms with Crippen molar-refractivity contribution in [2.24, 2.45) is 5.92 Å². The van der Waals surface area contributed by atoms with Crippen LogP contribution in [0.4, 0.5) is 22.0 Å². The maximum absolute atomic E-state index is 13.3. The Balaban J connectivity index is 1.89. The summed E-state index contributed by atoms with van der Waals surface area (Å²) < 4.78 is 71.9. The number of methoxy groups -OCH3 is 1.